The van der Waals surface area contributed by atoms with Gasteiger partial charge in [0.05, 0.1) is 40.6 Å². The van der Waals surface area contributed by atoms with E-state index in [0.717, 1.165) is 11.1 Å². The predicted molar refractivity (Wildman–Crippen MR) is 143 cm³/mol. The fourth-order valence-electron chi connectivity index (χ4n) is 3.43. The summed E-state index contributed by atoms with van der Waals surface area (Å²) in [6, 6.07) is 14.1. The Morgan fingerprint density at radius 2 is 1.42 bits per heavy atom. The number of ketones is 1. The van der Waals surface area contributed by atoms with Crippen LogP contribution in [-0.4, -0.2) is 41.3 Å². The number of ether oxygens (including phenoxy) is 5. The van der Waals surface area contributed by atoms with Gasteiger partial charge in [-0.2, -0.15) is 0 Å². The number of hydrogen-bond acceptors (Lipinski definition) is 7. The van der Waals surface area contributed by atoms with E-state index in [0.29, 0.717) is 45.0 Å². The molecule has 0 unspecified atom stereocenters. The molecule has 0 saturated heterocycles. The smallest absolute Gasteiger partial charge is 0.203 e. The molecular formula is C28H28ClNO6. The highest BCUT2D eigenvalue weighted by Gasteiger charge is 2.13. The summed E-state index contributed by atoms with van der Waals surface area (Å²) < 4.78 is 26.7. The molecule has 0 fully saturated rings. The Morgan fingerprint density at radius 1 is 0.778 bits per heavy atom. The van der Waals surface area contributed by atoms with Crippen LogP contribution in [0.15, 0.2) is 60.8 Å². The lowest BCUT2D eigenvalue weighted by Crippen LogP contribution is -1.98. The summed E-state index contributed by atoms with van der Waals surface area (Å²) in [6.45, 7) is 0. The van der Waals surface area contributed by atoms with E-state index in [1.807, 2.05) is 24.3 Å². The third-order valence-electron chi connectivity index (χ3n) is 5.31. The lowest BCUT2D eigenvalue weighted by molar-refractivity contribution is 0.104. The summed E-state index contributed by atoms with van der Waals surface area (Å²) in [5.41, 5.74) is 2.84. The second-order valence-corrected chi connectivity index (χ2v) is 7.84. The molecular weight excluding hydrogens is 482 g/mol. The van der Waals surface area contributed by atoms with Gasteiger partial charge in [0.15, 0.2) is 17.3 Å². The summed E-state index contributed by atoms with van der Waals surface area (Å²) in [4.78, 5) is 12.5. The molecule has 0 spiro atoms. The molecule has 0 radical (unpaired) electrons. The Balaban J connectivity index is 1.88. The molecule has 7 nitrogen and oxygen atoms in total. The average molecular weight is 510 g/mol. The number of rotatable bonds is 11. The van der Waals surface area contributed by atoms with E-state index in [4.69, 9.17) is 35.3 Å². The Hall–Kier alpha value is -4.10. The second-order valence-electron chi connectivity index (χ2n) is 7.44. The van der Waals surface area contributed by atoms with Crippen LogP contribution in [-0.2, 0) is 0 Å². The minimum absolute atomic E-state index is 0.152. The molecule has 0 aliphatic heterocycles. The number of nitrogens with one attached hydrogen (secondary N) is 1. The lowest BCUT2D eigenvalue weighted by atomic mass is 10.1. The van der Waals surface area contributed by atoms with E-state index in [9.17, 15) is 4.79 Å². The molecule has 0 heterocycles. The SMILES string of the molecule is COc1ccc(C(=O)C=CNc2cc(OC)c(Cl)cc2C=Cc2cc(OC)c(OC)c(OC)c2)cc1. The van der Waals surface area contributed by atoms with Crippen molar-refractivity contribution in [2.75, 3.05) is 40.9 Å². The molecule has 1 N–H and O–H groups in total. The number of anilines is 1. The predicted octanol–water partition coefficient (Wildman–Crippen LogP) is 6.36. The van der Waals surface area contributed by atoms with Gasteiger partial charge in [-0.15, -0.1) is 0 Å². The highest BCUT2D eigenvalue weighted by atomic mass is 35.5. The third-order valence-corrected chi connectivity index (χ3v) is 5.61. The van der Waals surface area contributed by atoms with Crippen LogP contribution in [0.4, 0.5) is 5.69 Å². The molecule has 188 valence electrons. The van der Waals surface area contributed by atoms with E-state index in [2.05, 4.69) is 5.32 Å². The van der Waals surface area contributed by atoms with Gasteiger partial charge >= 0.3 is 0 Å². The number of allylic oxidation sites excluding steroid dienone is 1. The van der Waals surface area contributed by atoms with E-state index < -0.39 is 0 Å². The van der Waals surface area contributed by atoms with Crippen LogP contribution in [0.25, 0.3) is 12.2 Å². The van der Waals surface area contributed by atoms with Crippen LogP contribution in [0.3, 0.4) is 0 Å². The number of benzene rings is 3. The molecule has 3 aromatic rings. The van der Waals surface area contributed by atoms with Crippen molar-refractivity contribution in [3.63, 3.8) is 0 Å². The van der Waals surface area contributed by atoms with Gasteiger partial charge < -0.3 is 29.0 Å². The zero-order valence-corrected chi connectivity index (χ0v) is 21.5. The van der Waals surface area contributed by atoms with E-state index in [-0.39, 0.29) is 5.78 Å². The molecule has 8 heteroatoms. The van der Waals surface area contributed by atoms with E-state index in [1.54, 1.807) is 78.1 Å². The van der Waals surface area contributed by atoms with Crippen LogP contribution in [0, 0.1) is 0 Å². The van der Waals surface area contributed by atoms with Crippen molar-refractivity contribution in [3.8, 4) is 28.7 Å². The van der Waals surface area contributed by atoms with Crippen LogP contribution in [0.1, 0.15) is 21.5 Å². The first-order valence-corrected chi connectivity index (χ1v) is 11.3. The average Bonchev–Trinajstić information content (AvgIpc) is 2.91. The normalized spacial score (nSPS) is 10.9. The minimum Gasteiger partial charge on any atom is -0.497 e. The van der Waals surface area contributed by atoms with Gasteiger partial charge in [0.1, 0.15) is 11.5 Å². The van der Waals surface area contributed by atoms with Gasteiger partial charge in [-0.05, 0) is 53.6 Å². The van der Waals surface area contributed by atoms with Crippen molar-refractivity contribution in [2.24, 2.45) is 0 Å². The Labute approximate surface area is 215 Å². The number of halogens is 1. The minimum atomic E-state index is -0.152. The first-order valence-electron chi connectivity index (χ1n) is 10.9. The van der Waals surface area contributed by atoms with Crippen LogP contribution < -0.4 is 29.0 Å². The van der Waals surface area contributed by atoms with Crippen LogP contribution in [0.5, 0.6) is 28.7 Å². The molecule has 0 bridgehead atoms. The molecule has 36 heavy (non-hydrogen) atoms. The first kappa shape index (κ1) is 26.5. The van der Waals surface area contributed by atoms with Crippen molar-refractivity contribution in [1.29, 1.82) is 0 Å². The molecule has 0 saturated carbocycles. The van der Waals surface area contributed by atoms with Gasteiger partial charge in [-0.1, -0.05) is 23.8 Å². The van der Waals surface area contributed by atoms with Crippen molar-refractivity contribution >= 4 is 35.2 Å². The summed E-state index contributed by atoms with van der Waals surface area (Å²) in [5.74, 6) is 2.63. The summed E-state index contributed by atoms with van der Waals surface area (Å²) in [7, 11) is 7.81. The zero-order chi connectivity index (χ0) is 26.1. The largest absolute Gasteiger partial charge is 0.497 e. The van der Waals surface area contributed by atoms with Gasteiger partial charge in [-0.3, -0.25) is 4.79 Å². The molecule has 0 aliphatic rings. The van der Waals surface area contributed by atoms with Gasteiger partial charge in [-0.25, -0.2) is 0 Å². The monoisotopic (exact) mass is 509 g/mol. The van der Waals surface area contributed by atoms with E-state index in [1.165, 1.54) is 6.08 Å². The fraction of sp³-hybridized carbons (Fsp3) is 0.179. The maximum atomic E-state index is 12.5. The Morgan fingerprint density at radius 3 is 1.97 bits per heavy atom. The highest BCUT2D eigenvalue weighted by molar-refractivity contribution is 6.32. The van der Waals surface area contributed by atoms with Gasteiger partial charge in [0.2, 0.25) is 5.75 Å². The third kappa shape index (κ3) is 6.31. The van der Waals surface area contributed by atoms with Crippen LogP contribution >= 0.6 is 11.6 Å². The number of methoxy groups -OCH3 is 5. The lowest BCUT2D eigenvalue weighted by Gasteiger charge is -2.13. The summed E-state index contributed by atoms with van der Waals surface area (Å²) in [5, 5.41) is 3.60. The maximum absolute atomic E-state index is 12.5. The topological polar surface area (TPSA) is 75.3 Å². The fourth-order valence-corrected chi connectivity index (χ4v) is 3.68. The Kier molecular flexibility index (Phi) is 9.25. The van der Waals surface area contributed by atoms with Crippen molar-refractivity contribution in [2.45, 2.75) is 0 Å². The van der Waals surface area contributed by atoms with Crippen LogP contribution in [0.2, 0.25) is 5.02 Å². The highest BCUT2D eigenvalue weighted by Crippen LogP contribution is 2.39. The van der Waals surface area contributed by atoms with Crippen molar-refractivity contribution in [3.05, 3.63) is 82.5 Å². The number of carbonyl (C=O) groups excluding carboxylic acids is 1. The summed E-state index contributed by atoms with van der Waals surface area (Å²) >= 11 is 6.38. The molecule has 0 atom stereocenters. The number of carbonyl (C=O) groups is 1. The second kappa shape index (κ2) is 12.6. The zero-order valence-electron chi connectivity index (χ0n) is 20.8. The molecule has 3 rings (SSSR count). The Bertz CT molecular complexity index is 1240. The van der Waals surface area contributed by atoms with E-state index >= 15 is 0 Å². The molecule has 0 amide bonds. The number of hydrogen-bond donors (Lipinski definition) is 1. The van der Waals surface area contributed by atoms with Crippen molar-refractivity contribution in [1.82, 2.24) is 0 Å². The van der Waals surface area contributed by atoms with Crippen molar-refractivity contribution < 1.29 is 28.5 Å². The quantitative estimate of drug-likeness (QED) is 0.183. The molecule has 3 aromatic carbocycles. The molecule has 0 aromatic heterocycles. The maximum Gasteiger partial charge on any atom is 0.203 e. The summed E-state index contributed by atoms with van der Waals surface area (Å²) in [6.07, 6.45) is 6.80. The van der Waals surface area contributed by atoms with Gasteiger partial charge in [0.25, 0.3) is 0 Å². The first-order chi connectivity index (χ1) is 17.4. The standard InChI is InChI=1S/C28H28ClNO6/c1-32-21-10-8-19(9-11-21)24(31)12-13-30-23-17-25(33-2)22(29)16-20(23)7-6-18-14-26(34-3)28(36-5)27(15-18)35-4/h6-17,30H,1-5H3. The van der Waals surface area contributed by atoms with Gasteiger partial charge in [0, 0.05) is 29.6 Å². The molecule has 0 aliphatic carbocycles.